The Morgan fingerprint density at radius 3 is 2.00 bits per heavy atom. The van der Waals surface area contributed by atoms with E-state index in [1.165, 1.54) is 6.26 Å². The minimum atomic E-state index is -3.22. The number of rotatable bonds is 6. The second-order valence-corrected chi connectivity index (χ2v) is 8.89. The van der Waals surface area contributed by atoms with Crippen molar-refractivity contribution in [3.05, 3.63) is 90.0 Å². The first-order chi connectivity index (χ1) is 13.3. The molecule has 0 bridgehead atoms. The van der Waals surface area contributed by atoms with Gasteiger partial charge in [-0.15, -0.1) is 0 Å². The Labute approximate surface area is 166 Å². The molecule has 1 atom stereocenters. The Hall–Kier alpha value is -2.92. The number of hydrogen-bond donors (Lipinski definition) is 1. The monoisotopic (exact) mass is 393 g/mol. The van der Waals surface area contributed by atoms with Gasteiger partial charge in [-0.3, -0.25) is 4.79 Å². The number of amides is 1. The minimum Gasteiger partial charge on any atom is -0.349 e. The Kier molecular flexibility index (Phi) is 5.95. The number of carbonyl (C=O) groups excluding carboxylic acids is 1. The van der Waals surface area contributed by atoms with E-state index in [0.29, 0.717) is 6.42 Å². The SMILES string of the molecule is CC(NC(=O)Cc1ccc(-c2ccccc2)cc1)c1ccc(S(C)(=O)=O)cc1. The van der Waals surface area contributed by atoms with Crippen LogP contribution in [0.2, 0.25) is 0 Å². The van der Waals surface area contributed by atoms with Gasteiger partial charge in [0.2, 0.25) is 5.91 Å². The van der Waals surface area contributed by atoms with Crippen molar-refractivity contribution >= 4 is 15.7 Å². The number of hydrogen-bond acceptors (Lipinski definition) is 3. The second-order valence-electron chi connectivity index (χ2n) is 6.87. The lowest BCUT2D eigenvalue weighted by Gasteiger charge is -2.15. The minimum absolute atomic E-state index is 0.0767. The summed E-state index contributed by atoms with van der Waals surface area (Å²) in [6, 6.07) is 24.5. The van der Waals surface area contributed by atoms with E-state index in [9.17, 15) is 13.2 Å². The summed E-state index contributed by atoms with van der Waals surface area (Å²) >= 11 is 0. The number of sulfone groups is 1. The third-order valence-electron chi connectivity index (χ3n) is 4.61. The first kappa shape index (κ1) is 19.8. The van der Waals surface area contributed by atoms with Gasteiger partial charge >= 0.3 is 0 Å². The molecule has 0 fully saturated rings. The predicted octanol–water partition coefficient (Wildman–Crippen LogP) is 4.18. The second kappa shape index (κ2) is 8.40. The third-order valence-corrected chi connectivity index (χ3v) is 5.74. The van der Waals surface area contributed by atoms with Crippen molar-refractivity contribution in [3.63, 3.8) is 0 Å². The van der Waals surface area contributed by atoms with E-state index in [2.05, 4.69) is 17.4 Å². The van der Waals surface area contributed by atoms with Crippen molar-refractivity contribution < 1.29 is 13.2 Å². The summed E-state index contributed by atoms with van der Waals surface area (Å²) in [5, 5.41) is 2.96. The lowest BCUT2D eigenvalue weighted by atomic mass is 10.0. The molecule has 0 heterocycles. The molecule has 3 aromatic rings. The molecule has 0 radical (unpaired) electrons. The molecule has 144 valence electrons. The van der Waals surface area contributed by atoms with Crippen LogP contribution in [-0.2, 0) is 21.1 Å². The molecule has 3 rings (SSSR count). The molecule has 4 nitrogen and oxygen atoms in total. The zero-order valence-electron chi connectivity index (χ0n) is 15.9. The van der Waals surface area contributed by atoms with Gasteiger partial charge in [-0.25, -0.2) is 8.42 Å². The fraction of sp³-hybridized carbons (Fsp3) is 0.174. The quantitative estimate of drug-likeness (QED) is 0.683. The molecule has 0 aliphatic carbocycles. The van der Waals surface area contributed by atoms with E-state index >= 15 is 0 Å². The zero-order valence-corrected chi connectivity index (χ0v) is 16.7. The largest absolute Gasteiger partial charge is 0.349 e. The summed E-state index contributed by atoms with van der Waals surface area (Å²) in [6.45, 7) is 1.88. The normalized spacial score (nSPS) is 12.4. The molecule has 1 unspecified atom stereocenters. The van der Waals surface area contributed by atoms with Crippen LogP contribution in [0.5, 0.6) is 0 Å². The highest BCUT2D eigenvalue weighted by Crippen LogP contribution is 2.20. The summed E-state index contributed by atoms with van der Waals surface area (Å²) in [4.78, 5) is 12.6. The summed E-state index contributed by atoms with van der Waals surface area (Å²) in [5.41, 5.74) is 4.06. The van der Waals surface area contributed by atoms with Crippen molar-refractivity contribution in [1.82, 2.24) is 5.32 Å². The lowest BCUT2D eigenvalue weighted by Crippen LogP contribution is -2.28. The Morgan fingerprint density at radius 2 is 1.43 bits per heavy atom. The number of nitrogens with one attached hydrogen (secondary N) is 1. The molecule has 0 aromatic heterocycles. The molecule has 5 heteroatoms. The molecule has 0 aliphatic rings. The maximum absolute atomic E-state index is 12.4. The molecule has 1 N–H and O–H groups in total. The summed E-state index contributed by atoms with van der Waals surface area (Å²) in [7, 11) is -3.22. The van der Waals surface area contributed by atoms with Gasteiger partial charge in [0.1, 0.15) is 0 Å². The first-order valence-corrected chi connectivity index (χ1v) is 11.0. The topological polar surface area (TPSA) is 63.2 Å². The Balaban J connectivity index is 1.60. The molecular weight excluding hydrogens is 370 g/mol. The van der Waals surface area contributed by atoms with Gasteiger partial charge in [0.15, 0.2) is 9.84 Å². The van der Waals surface area contributed by atoms with Gasteiger partial charge in [-0.2, -0.15) is 0 Å². The van der Waals surface area contributed by atoms with Gasteiger partial charge in [-0.05, 0) is 41.3 Å². The van der Waals surface area contributed by atoms with E-state index in [0.717, 1.165) is 22.3 Å². The maximum atomic E-state index is 12.4. The molecular formula is C23H23NO3S. The third kappa shape index (κ3) is 5.08. The summed E-state index contributed by atoms with van der Waals surface area (Å²) in [5.74, 6) is -0.0767. The van der Waals surface area contributed by atoms with Crippen molar-refractivity contribution in [2.45, 2.75) is 24.3 Å². The van der Waals surface area contributed by atoms with Crippen LogP contribution in [0.15, 0.2) is 83.8 Å². The molecule has 1 amide bonds. The average Bonchev–Trinajstić information content (AvgIpc) is 2.68. The molecule has 0 spiro atoms. The Morgan fingerprint density at radius 1 is 0.857 bits per heavy atom. The lowest BCUT2D eigenvalue weighted by molar-refractivity contribution is -0.121. The zero-order chi connectivity index (χ0) is 20.1. The van der Waals surface area contributed by atoms with Crippen LogP contribution >= 0.6 is 0 Å². The number of carbonyl (C=O) groups is 1. The fourth-order valence-corrected chi connectivity index (χ4v) is 3.64. The van der Waals surface area contributed by atoms with E-state index in [1.54, 1.807) is 24.3 Å². The highest BCUT2D eigenvalue weighted by molar-refractivity contribution is 7.90. The van der Waals surface area contributed by atoms with E-state index in [1.807, 2.05) is 49.4 Å². The molecule has 28 heavy (non-hydrogen) atoms. The van der Waals surface area contributed by atoms with Crippen LogP contribution < -0.4 is 5.32 Å². The molecule has 3 aromatic carbocycles. The molecule has 0 saturated carbocycles. The van der Waals surface area contributed by atoms with E-state index in [-0.39, 0.29) is 16.8 Å². The summed E-state index contributed by atoms with van der Waals surface area (Å²) < 4.78 is 23.1. The highest BCUT2D eigenvalue weighted by Gasteiger charge is 2.12. The van der Waals surface area contributed by atoms with Crippen LogP contribution in [0, 0.1) is 0 Å². The van der Waals surface area contributed by atoms with Crippen molar-refractivity contribution in [2.24, 2.45) is 0 Å². The number of benzene rings is 3. The average molecular weight is 394 g/mol. The van der Waals surface area contributed by atoms with Crippen molar-refractivity contribution in [3.8, 4) is 11.1 Å². The van der Waals surface area contributed by atoms with E-state index < -0.39 is 9.84 Å². The van der Waals surface area contributed by atoms with Crippen LogP contribution in [0.25, 0.3) is 11.1 Å². The van der Waals surface area contributed by atoms with Crippen LogP contribution in [-0.4, -0.2) is 20.6 Å². The molecule has 0 aliphatic heterocycles. The van der Waals surface area contributed by atoms with Crippen molar-refractivity contribution in [2.75, 3.05) is 6.26 Å². The van der Waals surface area contributed by atoms with Crippen LogP contribution in [0.1, 0.15) is 24.1 Å². The van der Waals surface area contributed by atoms with Gasteiger partial charge in [0.05, 0.1) is 17.4 Å². The molecule has 0 saturated heterocycles. The fourth-order valence-electron chi connectivity index (χ4n) is 3.01. The predicted molar refractivity (Wildman–Crippen MR) is 112 cm³/mol. The van der Waals surface area contributed by atoms with Gasteiger partial charge in [0, 0.05) is 6.26 Å². The standard InChI is InChI=1S/C23H23NO3S/c1-17(19-12-14-22(15-13-19)28(2,26)27)24-23(25)16-18-8-10-21(11-9-18)20-6-4-3-5-7-20/h3-15,17H,16H2,1-2H3,(H,24,25). The smallest absolute Gasteiger partial charge is 0.224 e. The van der Waals surface area contributed by atoms with Gasteiger partial charge < -0.3 is 5.32 Å². The van der Waals surface area contributed by atoms with Crippen molar-refractivity contribution in [1.29, 1.82) is 0 Å². The van der Waals surface area contributed by atoms with Crippen LogP contribution in [0.3, 0.4) is 0 Å². The highest BCUT2D eigenvalue weighted by atomic mass is 32.2. The maximum Gasteiger partial charge on any atom is 0.224 e. The Bertz CT molecular complexity index is 1040. The summed E-state index contributed by atoms with van der Waals surface area (Å²) in [6.07, 6.45) is 1.47. The van der Waals surface area contributed by atoms with Gasteiger partial charge in [-0.1, -0.05) is 66.7 Å². The first-order valence-electron chi connectivity index (χ1n) is 9.07. The van der Waals surface area contributed by atoms with Gasteiger partial charge in [0.25, 0.3) is 0 Å². The van der Waals surface area contributed by atoms with Crippen LogP contribution in [0.4, 0.5) is 0 Å². The van der Waals surface area contributed by atoms with E-state index in [4.69, 9.17) is 0 Å².